The molecule has 0 aliphatic heterocycles. The van der Waals surface area contributed by atoms with Crippen molar-refractivity contribution in [2.75, 3.05) is 0 Å². The molecular formula is C18H31N. The van der Waals surface area contributed by atoms with Crippen molar-refractivity contribution in [1.82, 2.24) is 0 Å². The van der Waals surface area contributed by atoms with E-state index in [0.717, 1.165) is 0 Å². The number of hydrogen-bond acceptors (Lipinski definition) is 1. The Hall–Kier alpha value is -0.820. The van der Waals surface area contributed by atoms with Crippen LogP contribution in [0.25, 0.3) is 0 Å². The lowest BCUT2D eigenvalue weighted by Crippen LogP contribution is -2.19. The summed E-state index contributed by atoms with van der Waals surface area (Å²) in [6.07, 6.45) is 13.0. The molecule has 0 aliphatic rings. The average Bonchev–Trinajstić information content (AvgIpc) is 2.44. The molecule has 1 aromatic rings. The monoisotopic (exact) mass is 261 g/mol. The number of unbranched alkanes of at least 4 members (excludes halogenated alkanes) is 5. The third kappa shape index (κ3) is 8.83. The minimum atomic E-state index is 0.412. The zero-order valence-electron chi connectivity index (χ0n) is 12.6. The first-order valence-electron chi connectivity index (χ1n) is 8.12. The van der Waals surface area contributed by atoms with Crippen molar-refractivity contribution in [2.24, 2.45) is 5.73 Å². The lowest BCUT2D eigenvalue weighted by atomic mass is 10.0. The Morgan fingerprint density at radius 3 is 2.21 bits per heavy atom. The van der Waals surface area contributed by atoms with Gasteiger partial charge < -0.3 is 5.73 Å². The van der Waals surface area contributed by atoms with Crippen LogP contribution in [0.3, 0.4) is 0 Å². The molecule has 0 aromatic heterocycles. The Morgan fingerprint density at radius 1 is 0.842 bits per heavy atom. The van der Waals surface area contributed by atoms with Gasteiger partial charge in [0.05, 0.1) is 0 Å². The Kier molecular flexibility index (Phi) is 9.44. The van der Waals surface area contributed by atoms with Gasteiger partial charge in [0, 0.05) is 6.04 Å². The standard InChI is InChI=1S/C18H31N/c1-2-3-4-5-6-10-15-18(19)16-11-14-17-12-8-7-9-13-17/h7-9,12-13,18H,2-6,10-11,14-16,19H2,1H3. The number of nitrogens with two attached hydrogens (primary N) is 1. The number of hydrogen-bond donors (Lipinski definition) is 1. The van der Waals surface area contributed by atoms with Gasteiger partial charge in [-0.25, -0.2) is 0 Å². The van der Waals surface area contributed by atoms with Gasteiger partial charge in [-0.3, -0.25) is 0 Å². The minimum Gasteiger partial charge on any atom is -0.328 e. The molecule has 1 rings (SSSR count). The highest BCUT2D eigenvalue weighted by atomic mass is 14.6. The second-order valence-electron chi connectivity index (χ2n) is 5.69. The molecule has 0 aliphatic carbocycles. The first-order chi connectivity index (χ1) is 9.33. The van der Waals surface area contributed by atoms with E-state index >= 15 is 0 Å². The lowest BCUT2D eigenvalue weighted by Gasteiger charge is -2.11. The Morgan fingerprint density at radius 2 is 1.47 bits per heavy atom. The van der Waals surface area contributed by atoms with Gasteiger partial charge in [0.2, 0.25) is 0 Å². The van der Waals surface area contributed by atoms with Crippen molar-refractivity contribution in [3.05, 3.63) is 35.9 Å². The maximum absolute atomic E-state index is 6.18. The lowest BCUT2D eigenvalue weighted by molar-refractivity contribution is 0.501. The van der Waals surface area contributed by atoms with Crippen LogP contribution in [0.5, 0.6) is 0 Å². The van der Waals surface area contributed by atoms with Gasteiger partial charge >= 0.3 is 0 Å². The Labute approximate surface area is 119 Å². The van der Waals surface area contributed by atoms with Crippen LogP contribution in [0.4, 0.5) is 0 Å². The van der Waals surface area contributed by atoms with Crippen LogP contribution in [0.1, 0.15) is 70.3 Å². The molecule has 1 heteroatoms. The average molecular weight is 261 g/mol. The summed E-state index contributed by atoms with van der Waals surface area (Å²) in [6.45, 7) is 2.27. The van der Waals surface area contributed by atoms with Gasteiger partial charge in [-0.1, -0.05) is 75.8 Å². The maximum atomic E-state index is 6.18. The molecule has 2 N–H and O–H groups in total. The van der Waals surface area contributed by atoms with E-state index in [0.29, 0.717) is 6.04 Å². The summed E-state index contributed by atoms with van der Waals surface area (Å²) in [5.41, 5.74) is 7.62. The molecule has 0 fully saturated rings. The predicted molar refractivity (Wildman–Crippen MR) is 85.3 cm³/mol. The van der Waals surface area contributed by atoms with E-state index in [2.05, 4.69) is 37.3 Å². The molecular weight excluding hydrogens is 230 g/mol. The normalized spacial score (nSPS) is 12.5. The zero-order valence-corrected chi connectivity index (χ0v) is 12.6. The maximum Gasteiger partial charge on any atom is 0.00389 e. The van der Waals surface area contributed by atoms with E-state index in [1.807, 2.05) is 0 Å². The highest BCUT2D eigenvalue weighted by Gasteiger charge is 2.02. The van der Waals surface area contributed by atoms with Crippen molar-refractivity contribution in [2.45, 2.75) is 77.2 Å². The molecule has 19 heavy (non-hydrogen) atoms. The van der Waals surface area contributed by atoms with E-state index in [-0.39, 0.29) is 0 Å². The summed E-state index contributed by atoms with van der Waals surface area (Å²) in [7, 11) is 0. The largest absolute Gasteiger partial charge is 0.328 e. The fourth-order valence-corrected chi connectivity index (χ4v) is 2.54. The summed E-state index contributed by atoms with van der Waals surface area (Å²) in [5, 5.41) is 0. The highest BCUT2D eigenvalue weighted by molar-refractivity contribution is 5.14. The SMILES string of the molecule is CCCCCCCCC(N)CCCc1ccccc1. The van der Waals surface area contributed by atoms with Crippen molar-refractivity contribution in [1.29, 1.82) is 0 Å². The van der Waals surface area contributed by atoms with Crippen LogP contribution in [0, 0.1) is 0 Å². The van der Waals surface area contributed by atoms with Gasteiger partial charge in [0.25, 0.3) is 0 Å². The van der Waals surface area contributed by atoms with E-state index in [1.54, 1.807) is 0 Å². The third-order valence-electron chi connectivity index (χ3n) is 3.81. The first kappa shape index (κ1) is 16.2. The molecule has 0 bridgehead atoms. The quantitative estimate of drug-likeness (QED) is 0.552. The smallest absolute Gasteiger partial charge is 0.00389 e. The first-order valence-corrected chi connectivity index (χ1v) is 8.12. The van der Waals surface area contributed by atoms with Crippen LogP contribution in [0.15, 0.2) is 30.3 Å². The molecule has 0 radical (unpaired) electrons. The molecule has 1 unspecified atom stereocenters. The second kappa shape index (κ2) is 11.0. The number of rotatable bonds is 11. The van der Waals surface area contributed by atoms with Crippen LogP contribution < -0.4 is 5.73 Å². The molecule has 0 heterocycles. The fourth-order valence-electron chi connectivity index (χ4n) is 2.54. The number of aryl methyl sites for hydroxylation is 1. The third-order valence-corrected chi connectivity index (χ3v) is 3.81. The molecule has 0 spiro atoms. The van der Waals surface area contributed by atoms with Gasteiger partial charge in [0.15, 0.2) is 0 Å². The number of benzene rings is 1. The van der Waals surface area contributed by atoms with E-state index < -0.39 is 0 Å². The van der Waals surface area contributed by atoms with Crippen LogP contribution in [-0.4, -0.2) is 6.04 Å². The van der Waals surface area contributed by atoms with Crippen LogP contribution in [-0.2, 0) is 6.42 Å². The molecule has 1 aromatic carbocycles. The summed E-state index contributed by atoms with van der Waals surface area (Å²) in [5.74, 6) is 0. The van der Waals surface area contributed by atoms with Crippen molar-refractivity contribution in [3.63, 3.8) is 0 Å². The van der Waals surface area contributed by atoms with E-state index in [4.69, 9.17) is 5.73 Å². The molecule has 0 amide bonds. The van der Waals surface area contributed by atoms with Gasteiger partial charge in [-0.15, -0.1) is 0 Å². The van der Waals surface area contributed by atoms with Crippen molar-refractivity contribution in [3.8, 4) is 0 Å². The van der Waals surface area contributed by atoms with Crippen LogP contribution in [0.2, 0.25) is 0 Å². The molecule has 108 valence electrons. The topological polar surface area (TPSA) is 26.0 Å². The highest BCUT2D eigenvalue weighted by Crippen LogP contribution is 2.11. The fraction of sp³-hybridized carbons (Fsp3) is 0.667. The second-order valence-corrected chi connectivity index (χ2v) is 5.69. The summed E-state index contributed by atoms with van der Waals surface area (Å²) in [6, 6.07) is 11.1. The van der Waals surface area contributed by atoms with E-state index in [9.17, 15) is 0 Å². The van der Waals surface area contributed by atoms with Crippen LogP contribution >= 0.6 is 0 Å². The summed E-state index contributed by atoms with van der Waals surface area (Å²) in [4.78, 5) is 0. The van der Waals surface area contributed by atoms with Gasteiger partial charge in [-0.05, 0) is 31.2 Å². The Bertz CT molecular complexity index is 294. The summed E-state index contributed by atoms with van der Waals surface area (Å²) < 4.78 is 0. The van der Waals surface area contributed by atoms with Gasteiger partial charge in [-0.2, -0.15) is 0 Å². The van der Waals surface area contributed by atoms with Crippen molar-refractivity contribution < 1.29 is 0 Å². The minimum absolute atomic E-state index is 0.412. The predicted octanol–water partition coefficient (Wildman–Crippen LogP) is 5.09. The summed E-state index contributed by atoms with van der Waals surface area (Å²) >= 11 is 0. The molecule has 1 atom stereocenters. The Balaban J connectivity index is 1.94. The molecule has 1 nitrogen and oxygen atoms in total. The zero-order chi connectivity index (χ0) is 13.8. The molecule has 0 saturated carbocycles. The molecule has 0 saturated heterocycles. The van der Waals surface area contributed by atoms with Gasteiger partial charge in [0.1, 0.15) is 0 Å². The van der Waals surface area contributed by atoms with Crippen molar-refractivity contribution >= 4 is 0 Å². The van der Waals surface area contributed by atoms with E-state index in [1.165, 1.54) is 69.8 Å².